The summed E-state index contributed by atoms with van der Waals surface area (Å²) in [4.78, 5) is 14.4. The molecule has 1 aromatic heterocycles. The molecule has 8 heteroatoms. The predicted octanol–water partition coefficient (Wildman–Crippen LogP) is 4.01. The summed E-state index contributed by atoms with van der Waals surface area (Å²) >= 11 is 0. The Morgan fingerprint density at radius 2 is 1.48 bits per heavy atom. The number of amides is 1. The summed E-state index contributed by atoms with van der Waals surface area (Å²) in [7, 11) is 4.52. The van der Waals surface area contributed by atoms with Gasteiger partial charge in [-0.15, -0.1) is 10.2 Å². The fourth-order valence-electron chi connectivity index (χ4n) is 3.20. The van der Waals surface area contributed by atoms with Gasteiger partial charge in [-0.05, 0) is 49.4 Å². The Labute approximate surface area is 179 Å². The minimum atomic E-state index is -0.315. The minimum absolute atomic E-state index is 0.315. The summed E-state index contributed by atoms with van der Waals surface area (Å²) in [5.41, 5.74) is 4.40. The number of nitrogens with one attached hydrogen (secondary N) is 1. The van der Waals surface area contributed by atoms with Gasteiger partial charge in [-0.2, -0.15) is 4.80 Å². The molecule has 4 aromatic rings. The summed E-state index contributed by atoms with van der Waals surface area (Å²) < 4.78 is 16.0. The molecule has 0 aliphatic carbocycles. The molecule has 1 heterocycles. The van der Waals surface area contributed by atoms with Gasteiger partial charge in [0.15, 0.2) is 11.5 Å². The number of aryl methyl sites for hydroxylation is 1. The van der Waals surface area contributed by atoms with E-state index < -0.39 is 0 Å². The van der Waals surface area contributed by atoms with Crippen molar-refractivity contribution < 1.29 is 19.0 Å². The second-order valence-corrected chi connectivity index (χ2v) is 6.90. The standard InChI is InChI=1S/C23H22N4O4/c1-14-5-8-17(9-6-14)27-25-18-10-7-16(13-19(18)26-27)24-23(28)15-11-20(29-2)22(31-4)21(12-15)30-3/h5-13H,1-4H3,(H,24,28). The molecule has 0 aliphatic heterocycles. The van der Waals surface area contributed by atoms with Gasteiger partial charge >= 0.3 is 0 Å². The van der Waals surface area contributed by atoms with Crippen molar-refractivity contribution in [1.82, 2.24) is 15.0 Å². The second-order valence-electron chi connectivity index (χ2n) is 6.90. The quantitative estimate of drug-likeness (QED) is 0.509. The summed E-state index contributed by atoms with van der Waals surface area (Å²) in [6.45, 7) is 2.03. The molecule has 8 nitrogen and oxygen atoms in total. The number of hydrogen-bond donors (Lipinski definition) is 1. The fraction of sp³-hybridized carbons (Fsp3) is 0.174. The predicted molar refractivity (Wildman–Crippen MR) is 118 cm³/mol. The van der Waals surface area contributed by atoms with Crippen LogP contribution in [0.5, 0.6) is 17.2 Å². The summed E-state index contributed by atoms with van der Waals surface area (Å²) in [6, 6.07) is 16.5. The highest BCUT2D eigenvalue weighted by Gasteiger charge is 2.17. The maximum Gasteiger partial charge on any atom is 0.255 e. The number of nitrogens with zero attached hydrogens (tertiary/aromatic N) is 3. The lowest BCUT2D eigenvalue weighted by atomic mass is 10.1. The van der Waals surface area contributed by atoms with Gasteiger partial charge in [0, 0.05) is 11.3 Å². The molecule has 31 heavy (non-hydrogen) atoms. The molecule has 0 aliphatic rings. The van der Waals surface area contributed by atoms with E-state index >= 15 is 0 Å². The lowest BCUT2D eigenvalue weighted by Gasteiger charge is -2.14. The van der Waals surface area contributed by atoms with Crippen LogP contribution in [0.2, 0.25) is 0 Å². The van der Waals surface area contributed by atoms with Crippen molar-refractivity contribution in [3.05, 3.63) is 65.7 Å². The van der Waals surface area contributed by atoms with Gasteiger partial charge < -0.3 is 19.5 Å². The van der Waals surface area contributed by atoms with Crippen molar-refractivity contribution in [2.45, 2.75) is 6.92 Å². The van der Waals surface area contributed by atoms with Crippen molar-refractivity contribution in [3.63, 3.8) is 0 Å². The molecule has 0 saturated carbocycles. The lowest BCUT2D eigenvalue weighted by Crippen LogP contribution is -2.12. The number of anilines is 1. The second kappa shape index (κ2) is 8.35. The maximum absolute atomic E-state index is 12.8. The number of aromatic nitrogens is 3. The zero-order chi connectivity index (χ0) is 22.0. The van der Waals surface area contributed by atoms with Gasteiger partial charge in [-0.25, -0.2) is 0 Å². The number of rotatable bonds is 6. The molecule has 3 aromatic carbocycles. The molecule has 0 unspecified atom stereocenters. The van der Waals surface area contributed by atoms with Gasteiger partial charge in [0.1, 0.15) is 11.0 Å². The van der Waals surface area contributed by atoms with Crippen molar-refractivity contribution in [1.29, 1.82) is 0 Å². The molecule has 1 amide bonds. The third-order valence-electron chi connectivity index (χ3n) is 4.83. The van der Waals surface area contributed by atoms with Gasteiger partial charge in [-0.1, -0.05) is 17.7 Å². The van der Waals surface area contributed by atoms with Crippen LogP contribution in [-0.2, 0) is 0 Å². The van der Waals surface area contributed by atoms with E-state index in [1.54, 1.807) is 29.1 Å². The van der Waals surface area contributed by atoms with E-state index in [-0.39, 0.29) is 5.91 Å². The number of hydrogen-bond acceptors (Lipinski definition) is 6. The van der Waals surface area contributed by atoms with Crippen molar-refractivity contribution >= 4 is 22.6 Å². The zero-order valence-electron chi connectivity index (χ0n) is 17.7. The highest BCUT2D eigenvalue weighted by molar-refractivity contribution is 6.05. The Morgan fingerprint density at radius 1 is 0.839 bits per heavy atom. The molecule has 0 fully saturated rings. The Morgan fingerprint density at radius 3 is 2.10 bits per heavy atom. The number of fused-ring (bicyclic) bond motifs is 1. The SMILES string of the molecule is COc1cc(C(=O)Nc2ccc3nn(-c4ccc(C)cc4)nc3c2)cc(OC)c1OC. The molecule has 1 N–H and O–H groups in total. The molecule has 4 rings (SSSR count). The van der Waals surface area contributed by atoms with Crippen molar-refractivity contribution in [2.75, 3.05) is 26.6 Å². The molecule has 158 valence electrons. The van der Waals surface area contributed by atoms with Gasteiger partial charge in [0.25, 0.3) is 5.91 Å². The highest BCUT2D eigenvalue weighted by Crippen LogP contribution is 2.38. The first-order valence-electron chi connectivity index (χ1n) is 9.58. The van der Waals surface area contributed by atoms with Crippen LogP contribution in [0.15, 0.2) is 54.6 Å². The first-order valence-corrected chi connectivity index (χ1v) is 9.58. The average Bonchev–Trinajstić information content (AvgIpc) is 3.21. The molecular weight excluding hydrogens is 396 g/mol. The highest BCUT2D eigenvalue weighted by atomic mass is 16.5. The number of methoxy groups -OCH3 is 3. The van der Waals surface area contributed by atoms with E-state index in [9.17, 15) is 4.79 Å². The van der Waals surface area contributed by atoms with E-state index in [0.717, 1.165) is 16.8 Å². The topological polar surface area (TPSA) is 87.5 Å². The maximum atomic E-state index is 12.8. The van der Waals surface area contributed by atoms with Crippen LogP contribution in [-0.4, -0.2) is 42.2 Å². The van der Waals surface area contributed by atoms with Gasteiger partial charge in [0.05, 0.1) is 27.0 Å². The molecule has 0 radical (unpaired) electrons. The number of carbonyl (C=O) groups excluding carboxylic acids is 1. The zero-order valence-corrected chi connectivity index (χ0v) is 17.7. The van der Waals surface area contributed by atoms with Gasteiger partial charge in [0.2, 0.25) is 5.75 Å². The van der Waals surface area contributed by atoms with E-state index in [1.807, 2.05) is 37.3 Å². The van der Waals surface area contributed by atoms with Crippen molar-refractivity contribution in [2.24, 2.45) is 0 Å². The van der Waals surface area contributed by atoms with Gasteiger partial charge in [-0.3, -0.25) is 4.79 Å². The summed E-state index contributed by atoms with van der Waals surface area (Å²) in [6.07, 6.45) is 0. The van der Waals surface area contributed by atoms with Crippen LogP contribution >= 0.6 is 0 Å². The van der Waals surface area contributed by atoms with E-state index in [1.165, 1.54) is 21.3 Å². The summed E-state index contributed by atoms with van der Waals surface area (Å²) in [5.74, 6) is 0.923. The Hall–Kier alpha value is -4.07. The molecule has 0 atom stereocenters. The number of ether oxygens (including phenoxy) is 3. The van der Waals surface area contributed by atoms with Crippen LogP contribution in [0.1, 0.15) is 15.9 Å². The van der Waals surface area contributed by atoms with E-state index in [0.29, 0.717) is 34.0 Å². The minimum Gasteiger partial charge on any atom is -0.493 e. The average molecular weight is 418 g/mol. The van der Waals surface area contributed by atoms with Crippen LogP contribution < -0.4 is 19.5 Å². The van der Waals surface area contributed by atoms with Crippen LogP contribution in [0, 0.1) is 6.92 Å². The van der Waals surface area contributed by atoms with E-state index in [4.69, 9.17) is 14.2 Å². The molecule has 0 saturated heterocycles. The third kappa shape index (κ3) is 4.00. The number of carbonyl (C=O) groups is 1. The first kappa shape index (κ1) is 20.2. The first-order chi connectivity index (χ1) is 15.0. The summed E-state index contributed by atoms with van der Waals surface area (Å²) in [5, 5.41) is 11.9. The lowest BCUT2D eigenvalue weighted by molar-refractivity contribution is 0.102. The van der Waals surface area contributed by atoms with Crippen LogP contribution in [0.25, 0.3) is 16.7 Å². The normalized spacial score (nSPS) is 10.7. The monoisotopic (exact) mass is 418 g/mol. The Bertz CT molecular complexity index is 1220. The Balaban J connectivity index is 1.61. The van der Waals surface area contributed by atoms with Crippen LogP contribution in [0.4, 0.5) is 5.69 Å². The largest absolute Gasteiger partial charge is 0.493 e. The molecule has 0 bridgehead atoms. The molecular formula is C23H22N4O4. The number of benzene rings is 3. The fourth-order valence-corrected chi connectivity index (χ4v) is 3.20. The Kier molecular flexibility index (Phi) is 5.44. The van der Waals surface area contributed by atoms with Crippen LogP contribution in [0.3, 0.4) is 0 Å². The van der Waals surface area contributed by atoms with Crippen molar-refractivity contribution in [3.8, 4) is 22.9 Å². The smallest absolute Gasteiger partial charge is 0.255 e. The van der Waals surface area contributed by atoms with E-state index in [2.05, 4.69) is 15.5 Å². The third-order valence-corrected chi connectivity index (χ3v) is 4.83. The molecule has 0 spiro atoms.